The van der Waals surface area contributed by atoms with E-state index in [2.05, 4.69) is 75.1 Å². The average molecular weight is 380 g/mol. The fourth-order valence-corrected chi connectivity index (χ4v) is 3.80. The Morgan fingerprint density at radius 3 is 2.50 bits per heavy atom. The lowest BCUT2D eigenvalue weighted by Crippen LogP contribution is -2.15. The summed E-state index contributed by atoms with van der Waals surface area (Å²) in [5, 5.41) is 3.26. The quantitative estimate of drug-likeness (QED) is 0.334. The van der Waals surface area contributed by atoms with Crippen LogP contribution in [0.2, 0.25) is 0 Å². The van der Waals surface area contributed by atoms with Crippen LogP contribution in [-0.4, -0.2) is 20.2 Å². The molecule has 0 radical (unpaired) electrons. The summed E-state index contributed by atoms with van der Waals surface area (Å²) in [6, 6.07) is 15.2. The number of hydrogen-bond donors (Lipinski definition) is 1. The number of ether oxygens (including phenoxy) is 1. The van der Waals surface area contributed by atoms with E-state index in [-0.39, 0.29) is 0 Å². The monoisotopic (exact) mass is 379 g/mol. The van der Waals surface area contributed by atoms with Crippen LogP contribution in [-0.2, 0) is 0 Å². The van der Waals surface area contributed by atoms with Crippen LogP contribution in [0.1, 0.15) is 66.7 Å². The molecule has 2 nitrogen and oxygen atoms in total. The van der Waals surface area contributed by atoms with Crippen LogP contribution in [0.3, 0.4) is 0 Å². The van der Waals surface area contributed by atoms with E-state index in [0.717, 1.165) is 31.7 Å². The highest BCUT2D eigenvalue weighted by Crippen LogP contribution is 2.32. The van der Waals surface area contributed by atoms with Crippen molar-refractivity contribution in [3.05, 3.63) is 77.4 Å². The van der Waals surface area contributed by atoms with Crippen LogP contribution >= 0.6 is 0 Å². The Morgan fingerprint density at radius 1 is 1.04 bits per heavy atom. The van der Waals surface area contributed by atoms with Gasteiger partial charge in [0.2, 0.25) is 0 Å². The van der Waals surface area contributed by atoms with E-state index in [1.54, 1.807) is 0 Å². The first-order chi connectivity index (χ1) is 13.6. The van der Waals surface area contributed by atoms with Crippen molar-refractivity contribution in [2.24, 2.45) is 0 Å². The van der Waals surface area contributed by atoms with Crippen LogP contribution in [0.5, 0.6) is 5.75 Å². The summed E-state index contributed by atoms with van der Waals surface area (Å²) in [6.07, 6.45) is 6.56. The molecule has 2 unspecified atom stereocenters. The molecule has 0 spiro atoms. The lowest BCUT2D eigenvalue weighted by molar-refractivity contribution is 0.276. The van der Waals surface area contributed by atoms with Gasteiger partial charge in [0, 0.05) is 5.92 Å². The lowest BCUT2D eigenvalue weighted by atomic mass is 9.85. The zero-order chi connectivity index (χ0) is 20.4. The first-order valence-electron chi connectivity index (χ1n) is 10.6. The van der Waals surface area contributed by atoms with E-state index < -0.39 is 0 Å². The SMILES string of the molecule is C=CCC(C)c1ccccc1C(CCCCNC)COc1cccc(C)c1C. The number of allylic oxidation sites excluding steroid dienone is 1. The third-order valence-electron chi connectivity index (χ3n) is 5.71. The molecule has 0 aromatic heterocycles. The summed E-state index contributed by atoms with van der Waals surface area (Å²) in [5.74, 6) is 1.89. The summed E-state index contributed by atoms with van der Waals surface area (Å²) in [4.78, 5) is 0. The Morgan fingerprint density at radius 2 is 1.79 bits per heavy atom. The van der Waals surface area contributed by atoms with Crippen molar-refractivity contribution in [1.82, 2.24) is 5.32 Å². The van der Waals surface area contributed by atoms with Crippen molar-refractivity contribution < 1.29 is 4.74 Å². The van der Waals surface area contributed by atoms with Gasteiger partial charge in [-0.2, -0.15) is 0 Å². The molecule has 0 saturated carbocycles. The predicted molar refractivity (Wildman–Crippen MR) is 122 cm³/mol. The molecule has 2 rings (SSSR count). The van der Waals surface area contributed by atoms with Gasteiger partial charge in [0.15, 0.2) is 0 Å². The Bertz CT molecular complexity index is 737. The summed E-state index contributed by atoms with van der Waals surface area (Å²) < 4.78 is 6.35. The molecule has 0 heterocycles. The van der Waals surface area contributed by atoms with Gasteiger partial charge >= 0.3 is 0 Å². The zero-order valence-electron chi connectivity index (χ0n) is 18.1. The molecule has 0 saturated heterocycles. The van der Waals surface area contributed by atoms with E-state index in [0.29, 0.717) is 11.8 Å². The molecule has 0 amide bonds. The van der Waals surface area contributed by atoms with Crippen molar-refractivity contribution in [2.45, 2.75) is 58.3 Å². The minimum Gasteiger partial charge on any atom is -0.493 e. The van der Waals surface area contributed by atoms with E-state index in [9.17, 15) is 0 Å². The van der Waals surface area contributed by atoms with E-state index in [4.69, 9.17) is 4.74 Å². The molecular formula is C26H37NO. The molecule has 0 fully saturated rings. The third kappa shape index (κ3) is 6.24. The summed E-state index contributed by atoms with van der Waals surface area (Å²) in [7, 11) is 2.02. The van der Waals surface area contributed by atoms with Gasteiger partial charge in [0.25, 0.3) is 0 Å². The van der Waals surface area contributed by atoms with Gasteiger partial charge in [-0.1, -0.05) is 55.8 Å². The molecule has 152 valence electrons. The Kier molecular flexibility index (Phi) is 9.30. The van der Waals surface area contributed by atoms with Gasteiger partial charge in [0.1, 0.15) is 5.75 Å². The maximum Gasteiger partial charge on any atom is 0.122 e. The van der Waals surface area contributed by atoms with Gasteiger partial charge in [0.05, 0.1) is 6.61 Å². The second-order valence-corrected chi connectivity index (χ2v) is 7.86. The van der Waals surface area contributed by atoms with Crippen molar-refractivity contribution in [3.8, 4) is 5.75 Å². The van der Waals surface area contributed by atoms with Crippen molar-refractivity contribution >= 4 is 0 Å². The molecular weight excluding hydrogens is 342 g/mol. The second-order valence-electron chi connectivity index (χ2n) is 7.86. The van der Waals surface area contributed by atoms with E-state index in [1.165, 1.54) is 35.1 Å². The van der Waals surface area contributed by atoms with Crippen LogP contribution in [0.25, 0.3) is 0 Å². The number of nitrogens with one attached hydrogen (secondary N) is 1. The first kappa shape index (κ1) is 22.2. The number of benzene rings is 2. The molecule has 0 aliphatic heterocycles. The number of hydrogen-bond acceptors (Lipinski definition) is 2. The standard InChI is InChI=1S/C26H37NO/c1-6-12-21(3)24-15-7-8-16-25(24)23(14-9-10-18-27-5)19-28-26-17-11-13-20(2)22(26)4/h6-8,11,13,15-17,21,23,27H,1,9-10,12,14,18-19H2,2-5H3. The molecule has 2 aromatic rings. The average Bonchev–Trinajstić information content (AvgIpc) is 2.70. The maximum absolute atomic E-state index is 6.35. The van der Waals surface area contributed by atoms with Gasteiger partial charge in [-0.25, -0.2) is 0 Å². The van der Waals surface area contributed by atoms with E-state index in [1.807, 2.05) is 13.1 Å². The van der Waals surface area contributed by atoms with Crippen molar-refractivity contribution in [1.29, 1.82) is 0 Å². The van der Waals surface area contributed by atoms with Gasteiger partial charge in [-0.15, -0.1) is 6.58 Å². The highest BCUT2D eigenvalue weighted by atomic mass is 16.5. The summed E-state index contributed by atoms with van der Waals surface area (Å²) in [6.45, 7) is 12.3. The zero-order valence-corrected chi connectivity index (χ0v) is 18.1. The van der Waals surface area contributed by atoms with Crippen LogP contribution in [0, 0.1) is 13.8 Å². The van der Waals surface area contributed by atoms with E-state index >= 15 is 0 Å². The maximum atomic E-state index is 6.35. The highest BCUT2D eigenvalue weighted by Gasteiger charge is 2.19. The van der Waals surface area contributed by atoms with Crippen molar-refractivity contribution in [3.63, 3.8) is 0 Å². The third-order valence-corrected chi connectivity index (χ3v) is 5.71. The van der Waals surface area contributed by atoms with Gasteiger partial charge < -0.3 is 10.1 Å². The normalized spacial score (nSPS) is 13.1. The van der Waals surface area contributed by atoms with Crippen LogP contribution in [0.15, 0.2) is 55.1 Å². The number of unbranched alkanes of at least 4 members (excludes halogenated alkanes) is 1. The summed E-state index contributed by atoms with van der Waals surface area (Å²) in [5.41, 5.74) is 5.39. The minimum atomic E-state index is 0.403. The number of aryl methyl sites for hydroxylation is 1. The van der Waals surface area contributed by atoms with Crippen LogP contribution < -0.4 is 10.1 Å². The molecule has 1 N–H and O–H groups in total. The lowest BCUT2D eigenvalue weighted by Gasteiger charge is -2.24. The molecule has 28 heavy (non-hydrogen) atoms. The largest absolute Gasteiger partial charge is 0.493 e. The number of rotatable bonds is 12. The molecule has 2 atom stereocenters. The molecule has 0 aliphatic carbocycles. The van der Waals surface area contributed by atoms with Crippen LogP contribution in [0.4, 0.5) is 0 Å². The minimum absolute atomic E-state index is 0.403. The highest BCUT2D eigenvalue weighted by molar-refractivity contribution is 5.39. The molecule has 2 aromatic carbocycles. The summed E-state index contributed by atoms with van der Waals surface area (Å²) >= 11 is 0. The molecule has 0 aliphatic rings. The fourth-order valence-electron chi connectivity index (χ4n) is 3.80. The Labute approximate surface area is 172 Å². The van der Waals surface area contributed by atoms with Gasteiger partial charge in [-0.05, 0) is 80.9 Å². The smallest absolute Gasteiger partial charge is 0.122 e. The fraction of sp³-hybridized carbons (Fsp3) is 0.462. The molecule has 0 bridgehead atoms. The van der Waals surface area contributed by atoms with Gasteiger partial charge in [-0.3, -0.25) is 0 Å². The predicted octanol–water partition coefficient (Wildman–Crippen LogP) is 6.54. The Hall–Kier alpha value is -2.06. The second kappa shape index (κ2) is 11.7. The topological polar surface area (TPSA) is 21.3 Å². The van der Waals surface area contributed by atoms with Crippen molar-refractivity contribution in [2.75, 3.05) is 20.2 Å². The Balaban J connectivity index is 2.21. The first-order valence-corrected chi connectivity index (χ1v) is 10.6. The molecule has 2 heteroatoms.